The first kappa shape index (κ1) is 20.1. The van der Waals surface area contributed by atoms with Gasteiger partial charge in [-0.25, -0.2) is 9.97 Å². The van der Waals surface area contributed by atoms with Crippen LogP contribution in [0.15, 0.2) is 30.6 Å². The summed E-state index contributed by atoms with van der Waals surface area (Å²) in [5.41, 5.74) is 5.90. The first-order valence-corrected chi connectivity index (χ1v) is 8.60. The van der Waals surface area contributed by atoms with Crippen LogP contribution < -0.4 is 10.6 Å². The highest BCUT2D eigenvalue weighted by atomic mass is 19.4. The zero-order valence-electron chi connectivity index (χ0n) is 15.4. The maximum atomic E-state index is 13.3. The molecule has 0 aromatic carbocycles. The van der Waals surface area contributed by atoms with Gasteiger partial charge in [0.25, 0.3) is 0 Å². The minimum absolute atomic E-state index is 0.0304. The molecule has 0 fully saturated rings. The van der Waals surface area contributed by atoms with E-state index in [4.69, 9.17) is 11.0 Å². The van der Waals surface area contributed by atoms with Gasteiger partial charge in [-0.3, -0.25) is 10.1 Å². The molecule has 0 atom stereocenters. The number of aromatic nitrogens is 5. The monoisotopic (exact) mass is 402 g/mol. The molecule has 0 unspecified atom stereocenters. The van der Waals surface area contributed by atoms with E-state index in [1.807, 2.05) is 6.07 Å². The van der Waals surface area contributed by atoms with Crippen LogP contribution in [0.1, 0.15) is 23.4 Å². The van der Waals surface area contributed by atoms with Gasteiger partial charge in [-0.05, 0) is 25.0 Å². The molecule has 0 amide bonds. The molecule has 3 heterocycles. The van der Waals surface area contributed by atoms with E-state index in [1.165, 1.54) is 12.4 Å². The lowest BCUT2D eigenvalue weighted by Crippen LogP contribution is -2.22. The number of H-pyrrole nitrogens is 1. The van der Waals surface area contributed by atoms with Gasteiger partial charge < -0.3 is 10.6 Å². The molecule has 0 aliphatic rings. The summed E-state index contributed by atoms with van der Waals surface area (Å²) in [6.07, 6.45) is -0.666. The fourth-order valence-electron chi connectivity index (χ4n) is 2.71. The molecule has 8 nitrogen and oxygen atoms in total. The quantitative estimate of drug-likeness (QED) is 0.650. The Morgan fingerprint density at radius 1 is 1.24 bits per heavy atom. The van der Waals surface area contributed by atoms with Crippen LogP contribution in [-0.4, -0.2) is 38.7 Å². The number of halogens is 3. The van der Waals surface area contributed by atoms with Gasteiger partial charge in [0, 0.05) is 37.6 Å². The van der Waals surface area contributed by atoms with Crippen molar-refractivity contribution in [2.75, 3.05) is 24.2 Å². The van der Waals surface area contributed by atoms with Gasteiger partial charge in [0.1, 0.15) is 17.5 Å². The van der Waals surface area contributed by atoms with Crippen LogP contribution in [0, 0.1) is 11.3 Å². The van der Waals surface area contributed by atoms with Gasteiger partial charge in [-0.15, -0.1) is 0 Å². The van der Waals surface area contributed by atoms with Crippen LogP contribution in [-0.2, 0) is 12.6 Å². The number of anilines is 2. The number of aromatic amines is 1. The first-order valence-electron chi connectivity index (χ1n) is 8.60. The third-order valence-electron chi connectivity index (χ3n) is 4.23. The molecule has 0 aliphatic carbocycles. The minimum Gasteiger partial charge on any atom is -0.381 e. The van der Waals surface area contributed by atoms with E-state index in [0.717, 1.165) is 6.07 Å². The fraction of sp³-hybridized carbons (Fsp3) is 0.278. The molecule has 150 valence electrons. The predicted molar refractivity (Wildman–Crippen MR) is 99.6 cm³/mol. The summed E-state index contributed by atoms with van der Waals surface area (Å²) in [5.74, 6) is 0.240. The van der Waals surface area contributed by atoms with E-state index in [0.29, 0.717) is 30.6 Å². The Hall–Kier alpha value is -3.68. The Balaban J connectivity index is 1.80. The number of nitrogens with zero attached hydrogens (tertiary/aromatic N) is 6. The molecule has 0 radical (unpaired) electrons. The third kappa shape index (κ3) is 4.60. The first-order chi connectivity index (χ1) is 13.8. The Morgan fingerprint density at radius 3 is 2.62 bits per heavy atom. The van der Waals surface area contributed by atoms with Gasteiger partial charge in [0.05, 0.1) is 5.69 Å². The van der Waals surface area contributed by atoms with Crippen LogP contribution >= 0.6 is 0 Å². The van der Waals surface area contributed by atoms with Crippen molar-refractivity contribution in [3.05, 3.63) is 47.5 Å². The second-order valence-electron chi connectivity index (χ2n) is 6.27. The van der Waals surface area contributed by atoms with E-state index in [-0.39, 0.29) is 23.0 Å². The molecule has 11 heteroatoms. The van der Waals surface area contributed by atoms with Crippen LogP contribution in [0.5, 0.6) is 0 Å². The van der Waals surface area contributed by atoms with Crippen LogP contribution in [0.25, 0.3) is 11.4 Å². The highest BCUT2D eigenvalue weighted by molar-refractivity contribution is 5.57. The number of nitrogens with one attached hydrogen (secondary N) is 1. The lowest BCUT2D eigenvalue weighted by Gasteiger charge is -2.20. The summed E-state index contributed by atoms with van der Waals surface area (Å²) < 4.78 is 39.9. The Morgan fingerprint density at radius 2 is 1.97 bits per heavy atom. The lowest BCUT2D eigenvalue weighted by molar-refractivity contribution is -0.141. The number of alkyl halides is 3. The predicted octanol–water partition coefficient (Wildman–Crippen LogP) is 2.80. The van der Waals surface area contributed by atoms with Crippen LogP contribution in [0.3, 0.4) is 0 Å². The van der Waals surface area contributed by atoms with Gasteiger partial charge >= 0.3 is 6.18 Å². The zero-order valence-corrected chi connectivity index (χ0v) is 15.4. The van der Waals surface area contributed by atoms with Crippen molar-refractivity contribution >= 4 is 11.6 Å². The van der Waals surface area contributed by atoms with Crippen LogP contribution in [0.2, 0.25) is 0 Å². The summed E-state index contributed by atoms with van der Waals surface area (Å²) in [4.78, 5) is 13.4. The summed E-state index contributed by atoms with van der Waals surface area (Å²) in [6, 6.07) is 5.99. The van der Waals surface area contributed by atoms with Gasteiger partial charge in [-0.1, -0.05) is 0 Å². The second-order valence-corrected chi connectivity index (χ2v) is 6.27. The van der Waals surface area contributed by atoms with Crippen molar-refractivity contribution in [2.24, 2.45) is 0 Å². The number of pyridine rings is 1. The van der Waals surface area contributed by atoms with Crippen molar-refractivity contribution in [2.45, 2.75) is 19.0 Å². The molecule has 0 saturated heterocycles. The smallest absolute Gasteiger partial charge is 0.381 e. The van der Waals surface area contributed by atoms with Crippen molar-refractivity contribution in [1.29, 1.82) is 5.26 Å². The number of nitrogens with two attached hydrogens (primary N) is 1. The number of hydrogen-bond acceptors (Lipinski definition) is 7. The van der Waals surface area contributed by atoms with Gasteiger partial charge in [0.15, 0.2) is 17.3 Å². The van der Waals surface area contributed by atoms with E-state index >= 15 is 0 Å². The zero-order chi connectivity index (χ0) is 21.0. The second kappa shape index (κ2) is 8.14. The van der Waals surface area contributed by atoms with Crippen molar-refractivity contribution in [3.63, 3.8) is 0 Å². The van der Waals surface area contributed by atoms with Crippen molar-refractivity contribution < 1.29 is 13.2 Å². The van der Waals surface area contributed by atoms with E-state index in [2.05, 4.69) is 25.1 Å². The molecule has 29 heavy (non-hydrogen) atoms. The number of hydrogen-bond donors (Lipinski definition) is 2. The number of nitrogen functional groups attached to an aromatic ring is 1. The maximum Gasteiger partial charge on any atom is 0.433 e. The standard InChI is InChI=1S/C18H17F3N8/c1-29(8-2-3-13-12(10-22)16(23)28-27-13)15-9-14(18(19,20)21)25-17(26-15)11-4-6-24-7-5-11/h4-7,9H,2-3,8H2,1H3,(H3,23,27,28). The molecule has 0 spiro atoms. The largest absolute Gasteiger partial charge is 0.433 e. The Kier molecular flexibility index (Phi) is 5.63. The highest BCUT2D eigenvalue weighted by Crippen LogP contribution is 2.31. The molecule has 3 rings (SSSR count). The minimum atomic E-state index is -4.60. The summed E-state index contributed by atoms with van der Waals surface area (Å²) >= 11 is 0. The molecular formula is C18H17F3N8. The Bertz CT molecular complexity index is 1020. The van der Waals surface area contributed by atoms with Gasteiger partial charge in [0.2, 0.25) is 0 Å². The molecular weight excluding hydrogens is 385 g/mol. The number of rotatable bonds is 6. The summed E-state index contributed by atoms with van der Waals surface area (Å²) in [6.45, 7) is 0.397. The molecule has 0 aliphatic heterocycles. The van der Waals surface area contributed by atoms with Gasteiger partial charge in [-0.2, -0.15) is 23.5 Å². The van der Waals surface area contributed by atoms with E-state index < -0.39 is 11.9 Å². The normalized spacial score (nSPS) is 11.3. The van der Waals surface area contributed by atoms with Crippen LogP contribution in [0.4, 0.5) is 24.8 Å². The maximum absolute atomic E-state index is 13.3. The van der Waals surface area contributed by atoms with Crippen molar-refractivity contribution in [3.8, 4) is 17.5 Å². The average molecular weight is 402 g/mol. The molecule has 3 aromatic heterocycles. The highest BCUT2D eigenvalue weighted by Gasteiger charge is 2.34. The molecule has 3 aromatic rings. The average Bonchev–Trinajstić information content (AvgIpc) is 3.07. The number of aryl methyl sites for hydroxylation is 1. The molecule has 0 saturated carbocycles. The fourth-order valence-corrected chi connectivity index (χ4v) is 2.71. The van der Waals surface area contributed by atoms with Crippen molar-refractivity contribution in [1.82, 2.24) is 25.1 Å². The topological polar surface area (TPSA) is 120 Å². The number of nitriles is 1. The molecule has 3 N–H and O–H groups in total. The van der Waals surface area contributed by atoms with E-state index in [9.17, 15) is 13.2 Å². The third-order valence-corrected chi connectivity index (χ3v) is 4.23. The summed E-state index contributed by atoms with van der Waals surface area (Å²) in [7, 11) is 1.64. The SMILES string of the molecule is CN(CCCc1[nH]nc(N)c1C#N)c1cc(C(F)(F)F)nc(-c2ccncc2)n1. The van der Waals surface area contributed by atoms with E-state index in [1.54, 1.807) is 24.1 Å². The summed E-state index contributed by atoms with van der Waals surface area (Å²) in [5, 5.41) is 15.6. The lowest BCUT2D eigenvalue weighted by atomic mass is 10.1. The Labute approximate surface area is 164 Å². The molecule has 0 bridgehead atoms.